The monoisotopic (exact) mass is 336 g/mol. The summed E-state index contributed by atoms with van der Waals surface area (Å²) in [5.74, 6) is 0. The van der Waals surface area contributed by atoms with Crippen molar-refractivity contribution in [1.82, 2.24) is 9.78 Å². The van der Waals surface area contributed by atoms with Crippen LogP contribution in [0.25, 0.3) is 5.69 Å². The summed E-state index contributed by atoms with van der Waals surface area (Å²) in [6, 6.07) is 6.31. The van der Waals surface area contributed by atoms with E-state index in [9.17, 15) is 10.1 Å². The third-order valence-corrected chi connectivity index (χ3v) is 4.32. The summed E-state index contributed by atoms with van der Waals surface area (Å²) in [6.45, 7) is 0.586. The molecule has 0 spiro atoms. The van der Waals surface area contributed by atoms with E-state index in [1.165, 1.54) is 12.1 Å². The highest BCUT2D eigenvalue weighted by atomic mass is 79.9. The van der Waals surface area contributed by atoms with Crippen molar-refractivity contribution in [3.05, 3.63) is 50.7 Å². The standard InChI is InChI=1S/C13H13BrN4O2/c14-11-7-17(16-12(11)13(8-15)5-6-13)9-1-3-10(4-2-9)18(19)20/h1-4,7H,5-6,8,15H2. The molecule has 104 valence electrons. The van der Waals surface area contributed by atoms with Gasteiger partial charge in [0.25, 0.3) is 5.69 Å². The smallest absolute Gasteiger partial charge is 0.269 e. The topological polar surface area (TPSA) is 87.0 Å². The molecule has 3 rings (SSSR count). The second-order valence-electron chi connectivity index (χ2n) is 5.03. The first-order valence-electron chi connectivity index (χ1n) is 6.26. The molecular formula is C13H13BrN4O2. The van der Waals surface area contributed by atoms with Gasteiger partial charge >= 0.3 is 0 Å². The first-order valence-corrected chi connectivity index (χ1v) is 7.06. The van der Waals surface area contributed by atoms with Crippen molar-refractivity contribution in [3.8, 4) is 5.69 Å². The van der Waals surface area contributed by atoms with Crippen LogP contribution in [0.3, 0.4) is 0 Å². The molecule has 1 saturated carbocycles. The Kier molecular flexibility index (Phi) is 3.10. The van der Waals surface area contributed by atoms with Crippen LogP contribution in [-0.4, -0.2) is 21.2 Å². The summed E-state index contributed by atoms with van der Waals surface area (Å²) >= 11 is 3.52. The Hall–Kier alpha value is -1.73. The second-order valence-corrected chi connectivity index (χ2v) is 5.88. The number of hydrogen-bond acceptors (Lipinski definition) is 4. The molecular weight excluding hydrogens is 324 g/mol. The highest BCUT2D eigenvalue weighted by molar-refractivity contribution is 9.10. The fourth-order valence-electron chi connectivity index (χ4n) is 2.26. The molecule has 1 aliphatic rings. The summed E-state index contributed by atoms with van der Waals surface area (Å²) < 4.78 is 2.65. The van der Waals surface area contributed by atoms with Crippen molar-refractivity contribution in [2.24, 2.45) is 5.73 Å². The Morgan fingerprint density at radius 2 is 2.05 bits per heavy atom. The zero-order valence-electron chi connectivity index (χ0n) is 10.6. The zero-order chi connectivity index (χ0) is 14.3. The van der Waals surface area contributed by atoms with Crippen LogP contribution in [0, 0.1) is 10.1 Å². The quantitative estimate of drug-likeness (QED) is 0.686. The predicted molar refractivity (Wildman–Crippen MR) is 77.9 cm³/mol. The lowest BCUT2D eigenvalue weighted by Crippen LogP contribution is -2.21. The molecule has 0 unspecified atom stereocenters. The third kappa shape index (κ3) is 2.12. The molecule has 0 amide bonds. The molecule has 1 aromatic carbocycles. The van der Waals surface area contributed by atoms with Crippen LogP contribution in [0.5, 0.6) is 0 Å². The molecule has 1 aliphatic carbocycles. The molecule has 2 N–H and O–H groups in total. The molecule has 7 heteroatoms. The van der Waals surface area contributed by atoms with Gasteiger partial charge in [-0.2, -0.15) is 5.10 Å². The summed E-state index contributed by atoms with van der Waals surface area (Å²) in [6.07, 6.45) is 3.98. The maximum absolute atomic E-state index is 10.6. The number of nitro benzene ring substituents is 1. The molecule has 0 atom stereocenters. The number of nitrogens with zero attached hydrogens (tertiary/aromatic N) is 3. The van der Waals surface area contributed by atoms with Crippen molar-refractivity contribution >= 4 is 21.6 Å². The maximum atomic E-state index is 10.6. The summed E-state index contributed by atoms with van der Waals surface area (Å²) in [7, 11) is 0. The van der Waals surface area contributed by atoms with Crippen molar-refractivity contribution < 1.29 is 4.92 Å². The van der Waals surface area contributed by atoms with Gasteiger partial charge in [0.15, 0.2) is 0 Å². The lowest BCUT2D eigenvalue weighted by atomic mass is 10.0. The first-order chi connectivity index (χ1) is 9.55. The number of non-ortho nitro benzene ring substituents is 1. The average Bonchev–Trinajstić information content (AvgIpc) is 3.15. The van der Waals surface area contributed by atoms with Crippen molar-refractivity contribution in [2.75, 3.05) is 6.54 Å². The lowest BCUT2D eigenvalue weighted by molar-refractivity contribution is -0.384. The summed E-state index contributed by atoms with van der Waals surface area (Å²) in [5.41, 5.74) is 7.66. The van der Waals surface area contributed by atoms with Gasteiger partial charge in [-0.05, 0) is 40.9 Å². The molecule has 0 saturated heterocycles. The zero-order valence-corrected chi connectivity index (χ0v) is 12.2. The summed E-state index contributed by atoms with van der Waals surface area (Å²) in [5, 5.41) is 15.2. The molecule has 20 heavy (non-hydrogen) atoms. The van der Waals surface area contributed by atoms with Crippen LogP contribution in [0.15, 0.2) is 34.9 Å². The van der Waals surface area contributed by atoms with Crippen molar-refractivity contribution in [3.63, 3.8) is 0 Å². The van der Waals surface area contributed by atoms with E-state index in [1.54, 1.807) is 16.8 Å². The molecule has 0 bridgehead atoms. The molecule has 1 aromatic heterocycles. The number of rotatable bonds is 4. The van der Waals surface area contributed by atoms with Crippen LogP contribution < -0.4 is 5.73 Å². The number of benzene rings is 1. The van der Waals surface area contributed by atoms with Crippen molar-refractivity contribution in [1.29, 1.82) is 0 Å². The minimum atomic E-state index is -0.415. The first kappa shape index (κ1) is 13.3. The van der Waals surface area contributed by atoms with Gasteiger partial charge in [0.2, 0.25) is 0 Å². The Bertz CT molecular complexity index is 662. The number of nitro groups is 1. The average molecular weight is 337 g/mol. The Balaban J connectivity index is 1.95. The Morgan fingerprint density at radius 3 is 2.55 bits per heavy atom. The van der Waals surface area contributed by atoms with Gasteiger partial charge in [-0.25, -0.2) is 4.68 Å². The van der Waals surface area contributed by atoms with Crippen LogP contribution in [0.4, 0.5) is 5.69 Å². The van der Waals surface area contributed by atoms with E-state index in [2.05, 4.69) is 21.0 Å². The van der Waals surface area contributed by atoms with Gasteiger partial charge in [-0.3, -0.25) is 10.1 Å². The molecule has 1 heterocycles. The Morgan fingerprint density at radius 1 is 1.40 bits per heavy atom. The minimum absolute atomic E-state index is 0.00482. The molecule has 2 aromatic rings. The van der Waals surface area contributed by atoms with Gasteiger partial charge in [0, 0.05) is 30.3 Å². The highest BCUT2D eigenvalue weighted by Crippen LogP contribution is 2.48. The fourth-order valence-corrected chi connectivity index (χ4v) is 2.95. The number of nitrogens with two attached hydrogens (primary N) is 1. The van der Waals surface area contributed by atoms with E-state index < -0.39 is 4.92 Å². The molecule has 0 aliphatic heterocycles. The van der Waals surface area contributed by atoms with E-state index in [1.807, 2.05) is 6.20 Å². The van der Waals surface area contributed by atoms with Crippen LogP contribution >= 0.6 is 15.9 Å². The molecule has 6 nitrogen and oxygen atoms in total. The van der Waals surface area contributed by atoms with E-state index in [4.69, 9.17) is 5.73 Å². The van der Waals surface area contributed by atoms with E-state index in [0.717, 1.165) is 28.7 Å². The third-order valence-electron chi connectivity index (χ3n) is 3.74. The fraction of sp³-hybridized carbons (Fsp3) is 0.308. The molecule has 0 radical (unpaired) electrons. The molecule has 1 fully saturated rings. The number of aromatic nitrogens is 2. The minimum Gasteiger partial charge on any atom is -0.330 e. The highest BCUT2D eigenvalue weighted by Gasteiger charge is 2.46. The summed E-state index contributed by atoms with van der Waals surface area (Å²) in [4.78, 5) is 10.2. The second kappa shape index (κ2) is 4.68. The van der Waals surface area contributed by atoms with E-state index >= 15 is 0 Å². The predicted octanol–water partition coefficient (Wildman–Crippen LogP) is 2.53. The number of halogens is 1. The van der Waals surface area contributed by atoms with E-state index in [0.29, 0.717) is 6.54 Å². The van der Waals surface area contributed by atoms with Gasteiger partial charge in [-0.1, -0.05) is 0 Å². The van der Waals surface area contributed by atoms with Crippen molar-refractivity contribution in [2.45, 2.75) is 18.3 Å². The maximum Gasteiger partial charge on any atom is 0.269 e. The van der Waals surface area contributed by atoms with Crippen LogP contribution in [-0.2, 0) is 5.41 Å². The van der Waals surface area contributed by atoms with Gasteiger partial charge < -0.3 is 5.73 Å². The van der Waals surface area contributed by atoms with E-state index in [-0.39, 0.29) is 11.1 Å². The lowest BCUT2D eigenvalue weighted by Gasteiger charge is -2.08. The normalized spacial score (nSPS) is 16.1. The van der Waals surface area contributed by atoms with Gasteiger partial charge in [0.1, 0.15) is 0 Å². The van der Waals surface area contributed by atoms with Gasteiger partial charge in [0.05, 0.1) is 20.8 Å². The van der Waals surface area contributed by atoms with Crippen LogP contribution in [0.2, 0.25) is 0 Å². The van der Waals surface area contributed by atoms with Crippen LogP contribution in [0.1, 0.15) is 18.5 Å². The van der Waals surface area contributed by atoms with Gasteiger partial charge in [-0.15, -0.1) is 0 Å². The SMILES string of the molecule is NCC1(c2nn(-c3ccc([N+](=O)[O-])cc3)cc2Br)CC1. The number of hydrogen-bond donors (Lipinski definition) is 1. The Labute approximate surface area is 123 Å². The largest absolute Gasteiger partial charge is 0.330 e.